The van der Waals surface area contributed by atoms with Crippen molar-refractivity contribution in [3.05, 3.63) is 65.5 Å². The number of nitrogens with zero attached hydrogens (tertiary/aromatic N) is 1. The number of carboxylic acids is 1. The smallest absolute Gasteiger partial charge is 0.315 e. The maximum absolute atomic E-state index is 12.0. The molecule has 4 nitrogen and oxygen atoms in total. The fourth-order valence-electron chi connectivity index (χ4n) is 3.34. The van der Waals surface area contributed by atoms with Gasteiger partial charge in [0.25, 0.3) is 0 Å². The Bertz CT molecular complexity index is 671. The van der Waals surface area contributed by atoms with Gasteiger partial charge in [0.05, 0.1) is 12.3 Å². The van der Waals surface area contributed by atoms with Gasteiger partial charge in [0, 0.05) is 12.8 Å². The number of rotatable bonds is 6. The van der Waals surface area contributed by atoms with Crippen molar-refractivity contribution in [2.45, 2.75) is 37.7 Å². The summed E-state index contributed by atoms with van der Waals surface area (Å²) in [6, 6.07) is 13.8. The zero-order valence-corrected chi connectivity index (χ0v) is 13.1. The van der Waals surface area contributed by atoms with Crippen LogP contribution in [0.3, 0.4) is 0 Å². The molecule has 1 N–H and O–H groups in total. The number of carbonyl (C=O) groups is 1. The van der Waals surface area contributed by atoms with Gasteiger partial charge >= 0.3 is 5.97 Å². The van der Waals surface area contributed by atoms with Crippen LogP contribution in [0, 0.1) is 0 Å². The Morgan fingerprint density at radius 1 is 1.22 bits per heavy atom. The van der Waals surface area contributed by atoms with Crippen molar-refractivity contribution < 1.29 is 14.6 Å². The van der Waals surface area contributed by atoms with Gasteiger partial charge in [-0.05, 0) is 42.9 Å². The number of aliphatic carboxylic acids is 1. The van der Waals surface area contributed by atoms with E-state index in [1.165, 1.54) is 0 Å². The number of carboxylic acid groups (broad SMARTS) is 1. The summed E-state index contributed by atoms with van der Waals surface area (Å²) >= 11 is 0. The van der Waals surface area contributed by atoms with E-state index in [1.807, 2.05) is 42.5 Å². The second-order valence-corrected chi connectivity index (χ2v) is 6.04. The van der Waals surface area contributed by atoms with Crippen LogP contribution in [0.4, 0.5) is 0 Å². The fourth-order valence-corrected chi connectivity index (χ4v) is 3.34. The molecule has 0 radical (unpaired) electrons. The Morgan fingerprint density at radius 3 is 2.83 bits per heavy atom. The average Bonchev–Trinajstić information content (AvgIpc) is 2.59. The van der Waals surface area contributed by atoms with Crippen molar-refractivity contribution in [3.63, 3.8) is 0 Å². The Labute approximate surface area is 136 Å². The predicted molar refractivity (Wildman–Crippen MR) is 87.2 cm³/mol. The predicted octanol–water partition coefficient (Wildman–Crippen LogP) is 3.35. The molecule has 0 bridgehead atoms. The van der Waals surface area contributed by atoms with Crippen LogP contribution in [-0.4, -0.2) is 22.7 Å². The summed E-state index contributed by atoms with van der Waals surface area (Å²) in [6.07, 6.45) is 4.56. The van der Waals surface area contributed by atoms with Crippen LogP contribution in [0.2, 0.25) is 0 Å². The largest absolute Gasteiger partial charge is 0.481 e. The molecule has 1 heterocycles. The van der Waals surface area contributed by atoms with Crippen molar-refractivity contribution in [2.75, 3.05) is 6.61 Å². The number of aromatic nitrogens is 1. The summed E-state index contributed by atoms with van der Waals surface area (Å²) in [7, 11) is 0. The van der Waals surface area contributed by atoms with Gasteiger partial charge in [-0.15, -0.1) is 0 Å². The summed E-state index contributed by atoms with van der Waals surface area (Å²) in [4.78, 5) is 16.4. The lowest BCUT2D eigenvalue weighted by atomic mass is 9.71. The number of ether oxygens (including phenoxy) is 1. The first-order valence-electron chi connectivity index (χ1n) is 8.02. The second-order valence-electron chi connectivity index (χ2n) is 6.04. The van der Waals surface area contributed by atoms with Crippen LogP contribution < -0.4 is 0 Å². The zero-order valence-electron chi connectivity index (χ0n) is 13.1. The summed E-state index contributed by atoms with van der Waals surface area (Å²) in [5, 5.41) is 9.86. The van der Waals surface area contributed by atoms with Gasteiger partial charge in [0.1, 0.15) is 5.41 Å². The third kappa shape index (κ3) is 3.27. The first-order chi connectivity index (χ1) is 11.2. The van der Waals surface area contributed by atoms with Crippen molar-refractivity contribution >= 4 is 5.97 Å². The molecule has 0 aliphatic heterocycles. The number of pyridine rings is 1. The maximum atomic E-state index is 12.0. The highest BCUT2D eigenvalue weighted by atomic mass is 16.5. The van der Waals surface area contributed by atoms with E-state index in [-0.39, 0.29) is 0 Å². The number of benzene rings is 1. The van der Waals surface area contributed by atoms with Crippen LogP contribution in [-0.2, 0) is 28.0 Å². The minimum absolute atomic E-state index is 0.414. The van der Waals surface area contributed by atoms with Gasteiger partial charge in [-0.1, -0.05) is 36.4 Å². The first kappa shape index (κ1) is 15.7. The van der Waals surface area contributed by atoms with Crippen molar-refractivity contribution in [1.82, 2.24) is 4.98 Å². The van der Waals surface area contributed by atoms with Gasteiger partial charge in [-0.25, -0.2) is 0 Å². The molecule has 1 aliphatic carbocycles. The topological polar surface area (TPSA) is 59.4 Å². The normalized spacial score (nSPS) is 20.0. The van der Waals surface area contributed by atoms with E-state index in [0.717, 1.165) is 29.7 Å². The molecule has 3 rings (SSSR count). The highest BCUT2D eigenvalue weighted by Gasteiger charge is 2.44. The third-order valence-electron chi connectivity index (χ3n) is 4.59. The Balaban J connectivity index is 1.69. The maximum Gasteiger partial charge on any atom is 0.315 e. The van der Waals surface area contributed by atoms with E-state index in [0.29, 0.717) is 26.1 Å². The lowest BCUT2D eigenvalue weighted by Gasteiger charge is -2.34. The number of fused-ring (bicyclic) bond motifs is 1. The lowest BCUT2D eigenvalue weighted by Crippen LogP contribution is -2.41. The van der Waals surface area contributed by atoms with Crippen molar-refractivity contribution in [2.24, 2.45) is 0 Å². The summed E-state index contributed by atoms with van der Waals surface area (Å²) in [6.45, 7) is 0.919. The second kappa shape index (κ2) is 6.92. The van der Waals surface area contributed by atoms with Gasteiger partial charge < -0.3 is 9.84 Å². The monoisotopic (exact) mass is 311 g/mol. The quantitative estimate of drug-likeness (QED) is 0.831. The minimum atomic E-state index is -0.911. The van der Waals surface area contributed by atoms with Gasteiger partial charge in [-0.3, -0.25) is 9.78 Å². The van der Waals surface area contributed by atoms with Crippen molar-refractivity contribution in [1.29, 1.82) is 0 Å². The van der Waals surface area contributed by atoms with E-state index in [1.54, 1.807) is 6.20 Å². The first-order valence-corrected chi connectivity index (χ1v) is 8.02. The Kier molecular flexibility index (Phi) is 4.72. The molecule has 1 atom stereocenters. The highest BCUT2D eigenvalue weighted by molar-refractivity contribution is 5.81. The Hall–Kier alpha value is -2.20. The summed E-state index contributed by atoms with van der Waals surface area (Å²) in [5.41, 5.74) is 1.97. The molecule has 4 heteroatoms. The van der Waals surface area contributed by atoms with E-state index in [2.05, 4.69) is 4.98 Å². The molecular formula is C19H21NO3. The van der Waals surface area contributed by atoms with Crippen LogP contribution >= 0.6 is 0 Å². The molecule has 0 spiro atoms. The highest BCUT2D eigenvalue weighted by Crippen LogP contribution is 2.39. The van der Waals surface area contributed by atoms with E-state index in [4.69, 9.17) is 4.74 Å². The van der Waals surface area contributed by atoms with E-state index >= 15 is 0 Å². The fraction of sp³-hybridized carbons (Fsp3) is 0.368. The SMILES string of the molecule is O=C(O)C1(CCOCc2ccccc2)CCCc2cccnc21. The number of hydrogen-bond donors (Lipinski definition) is 1. The number of hydrogen-bond acceptors (Lipinski definition) is 3. The molecule has 0 amide bonds. The molecule has 0 fully saturated rings. The van der Waals surface area contributed by atoms with E-state index in [9.17, 15) is 9.90 Å². The molecule has 1 aliphatic rings. The lowest BCUT2D eigenvalue weighted by molar-refractivity contribution is -0.145. The van der Waals surface area contributed by atoms with Crippen molar-refractivity contribution in [3.8, 4) is 0 Å². The van der Waals surface area contributed by atoms with Gasteiger partial charge in [0.15, 0.2) is 0 Å². The molecule has 0 saturated carbocycles. The number of aryl methyl sites for hydroxylation is 1. The third-order valence-corrected chi connectivity index (χ3v) is 4.59. The molecule has 23 heavy (non-hydrogen) atoms. The minimum Gasteiger partial charge on any atom is -0.481 e. The molecule has 1 aromatic carbocycles. The molecule has 120 valence electrons. The summed E-state index contributed by atoms with van der Waals surface area (Å²) in [5.74, 6) is -0.791. The average molecular weight is 311 g/mol. The summed E-state index contributed by atoms with van der Waals surface area (Å²) < 4.78 is 5.72. The molecule has 2 aromatic rings. The Morgan fingerprint density at radius 2 is 2.04 bits per heavy atom. The van der Waals surface area contributed by atoms with Crippen LogP contribution in [0.5, 0.6) is 0 Å². The van der Waals surface area contributed by atoms with Crippen LogP contribution in [0.25, 0.3) is 0 Å². The van der Waals surface area contributed by atoms with Gasteiger partial charge in [0.2, 0.25) is 0 Å². The van der Waals surface area contributed by atoms with E-state index < -0.39 is 11.4 Å². The van der Waals surface area contributed by atoms with Crippen LogP contribution in [0.1, 0.15) is 36.1 Å². The molecule has 1 aromatic heterocycles. The zero-order chi connectivity index (χ0) is 16.1. The standard InChI is InChI=1S/C19H21NO3/c21-18(22)19(10-4-8-16-9-5-12-20-17(16)19)11-13-23-14-15-6-2-1-3-7-15/h1-3,5-7,9,12H,4,8,10-11,13-14H2,(H,21,22). The van der Waals surface area contributed by atoms with Gasteiger partial charge in [-0.2, -0.15) is 0 Å². The molecular weight excluding hydrogens is 290 g/mol. The van der Waals surface area contributed by atoms with Crippen LogP contribution in [0.15, 0.2) is 48.7 Å². The molecule has 1 unspecified atom stereocenters. The molecule has 0 saturated heterocycles.